The summed E-state index contributed by atoms with van der Waals surface area (Å²) in [5, 5.41) is 0. The van der Waals surface area contributed by atoms with Crippen LogP contribution in [0.3, 0.4) is 0 Å². The highest BCUT2D eigenvalue weighted by Gasteiger charge is 2.19. The molecule has 1 aliphatic heterocycles. The number of methoxy groups -OCH3 is 1. The van der Waals surface area contributed by atoms with Gasteiger partial charge in [0.05, 0.1) is 20.1 Å². The summed E-state index contributed by atoms with van der Waals surface area (Å²) in [5.74, 6) is 1.89. The van der Waals surface area contributed by atoms with Crippen molar-refractivity contribution in [2.75, 3.05) is 44.8 Å². The Morgan fingerprint density at radius 3 is 2.50 bits per heavy atom. The number of hydrogen-bond donors (Lipinski definition) is 0. The minimum absolute atomic E-state index is 0.168. The van der Waals surface area contributed by atoms with Crippen LogP contribution in [-0.2, 0) is 4.79 Å². The summed E-state index contributed by atoms with van der Waals surface area (Å²) >= 11 is 0. The molecular formula is C23H30N2O3. The van der Waals surface area contributed by atoms with Crippen LogP contribution in [0.15, 0.2) is 42.5 Å². The molecule has 0 aliphatic carbocycles. The van der Waals surface area contributed by atoms with Crippen LogP contribution in [0.2, 0.25) is 0 Å². The number of benzene rings is 2. The molecule has 1 heterocycles. The van der Waals surface area contributed by atoms with E-state index in [1.807, 2.05) is 36.1 Å². The van der Waals surface area contributed by atoms with Crippen LogP contribution in [0.25, 0.3) is 0 Å². The summed E-state index contributed by atoms with van der Waals surface area (Å²) in [6.45, 7) is 7.86. The fraction of sp³-hybridized carbons (Fsp3) is 0.435. The molecule has 0 spiro atoms. The molecule has 1 fully saturated rings. The number of amides is 1. The number of rotatable bonds is 6. The Kier molecular flexibility index (Phi) is 6.80. The van der Waals surface area contributed by atoms with Crippen LogP contribution in [0.4, 0.5) is 5.69 Å². The zero-order chi connectivity index (χ0) is 19.9. The molecule has 3 rings (SSSR count). The van der Waals surface area contributed by atoms with E-state index in [0.29, 0.717) is 13.0 Å². The largest absolute Gasteiger partial charge is 0.497 e. The first-order valence-corrected chi connectivity index (χ1v) is 9.93. The number of hydrogen-bond acceptors (Lipinski definition) is 4. The van der Waals surface area contributed by atoms with Crippen molar-refractivity contribution >= 4 is 11.6 Å². The van der Waals surface area contributed by atoms with Gasteiger partial charge in [-0.25, -0.2) is 0 Å². The predicted molar refractivity (Wildman–Crippen MR) is 112 cm³/mol. The fourth-order valence-electron chi connectivity index (χ4n) is 3.59. The highest BCUT2D eigenvalue weighted by Crippen LogP contribution is 2.21. The Morgan fingerprint density at radius 2 is 1.79 bits per heavy atom. The molecule has 0 bridgehead atoms. The summed E-state index contributed by atoms with van der Waals surface area (Å²) in [6.07, 6.45) is 1.38. The minimum atomic E-state index is 0.168. The third kappa shape index (κ3) is 5.18. The zero-order valence-electron chi connectivity index (χ0n) is 17.1. The molecule has 0 unspecified atom stereocenters. The van der Waals surface area contributed by atoms with Crippen LogP contribution in [0, 0.1) is 13.8 Å². The van der Waals surface area contributed by atoms with E-state index < -0.39 is 0 Å². The zero-order valence-corrected chi connectivity index (χ0v) is 17.1. The van der Waals surface area contributed by atoms with Crippen LogP contribution >= 0.6 is 0 Å². The third-order valence-electron chi connectivity index (χ3n) is 5.19. The van der Waals surface area contributed by atoms with Crippen molar-refractivity contribution in [3.63, 3.8) is 0 Å². The van der Waals surface area contributed by atoms with Gasteiger partial charge in [-0.15, -0.1) is 0 Å². The van der Waals surface area contributed by atoms with Gasteiger partial charge in [-0.05, 0) is 56.2 Å². The lowest BCUT2D eigenvalue weighted by Gasteiger charge is -2.24. The average molecular weight is 383 g/mol. The van der Waals surface area contributed by atoms with Crippen LogP contribution in [-0.4, -0.2) is 50.7 Å². The van der Waals surface area contributed by atoms with Gasteiger partial charge in [-0.1, -0.05) is 17.7 Å². The molecule has 5 nitrogen and oxygen atoms in total. The predicted octanol–water partition coefficient (Wildman–Crippen LogP) is 3.82. The van der Waals surface area contributed by atoms with Crippen LogP contribution in [0.1, 0.15) is 24.0 Å². The Bertz CT molecular complexity index is 789. The fourth-order valence-corrected chi connectivity index (χ4v) is 3.59. The summed E-state index contributed by atoms with van der Waals surface area (Å²) in [6, 6.07) is 14.2. The molecule has 150 valence electrons. The van der Waals surface area contributed by atoms with Gasteiger partial charge in [0.15, 0.2) is 0 Å². The van der Waals surface area contributed by atoms with Crippen molar-refractivity contribution < 1.29 is 14.3 Å². The molecular weight excluding hydrogens is 352 g/mol. The number of ether oxygens (including phenoxy) is 2. The minimum Gasteiger partial charge on any atom is -0.497 e. The molecule has 0 atom stereocenters. The van der Waals surface area contributed by atoms with E-state index in [1.54, 1.807) is 7.11 Å². The molecule has 1 amide bonds. The van der Waals surface area contributed by atoms with Crippen molar-refractivity contribution in [1.29, 1.82) is 0 Å². The lowest BCUT2D eigenvalue weighted by molar-refractivity contribution is -0.131. The van der Waals surface area contributed by atoms with Gasteiger partial charge in [0.25, 0.3) is 0 Å². The molecule has 2 aromatic carbocycles. The maximum Gasteiger partial charge on any atom is 0.226 e. The van der Waals surface area contributed by atoms with Gasteiger partial charge in [0.2, 0.25) is 5.91 Å². The monoisotopic (exact) mass is 382 g/mol. The van der Waals surface area contributed by atoms with E-state index in [9.17, 15) is 4.79 Å². The Labute approximate surface area is 167 Å². The molecule has 1 aliphatic rings. The SMILES string of the molecule is COc1ccc(N2CCCN(C(=O)CCOc3ccc(C)cc3C)CC2)cc1. The van der Waals surface area contributed by atoms with Crippen LogP contribution in [0.5, 0.6) is 11.5 Å². The van der Waals surface area contributed by atoms with Gasteiger partial charge in [0, 0.05) is 31.9 Å². The van der Waals surface area contributed by atoms with Crippen molar-refractivity contribution in [3.05, 3.63) is 53.6 Å². The summed E-state index contributed by atoms with van der Waals surface area (Å²) in [7, 11) is 1.67. The van der Waals surface area contributed by atoms with Crippen molar-refractivity contribution in [1.82, 2.24) is 4.90 Å². The Balaban J connectivity index is 1.48. The van der Waals surface area contributed by atoms with Crippen LogP contribution < -0.4 is 14.4 Å². The van der Waals surface area contributed by atoms with E-state index in [-0.39, 0.29) is 5.91 Å². The number of anilines is 1. The Hall–Kier alpha value is -2.69. The normalized spacial score (nSPS) is 14.5. The number of aryl methyl sites for hydroxylation is 2. The maximum absolute atomic E-state index is 12.6. The Morgan fingerprint density at radius 1 is 1.00 bits per heavy atom. The second-order valence-corrected chi connectivity index (χ2v) is 7.29. The highest BCUT2D eigenvalue weighted by molar-refractivity contribution is 5.76. The lowest BCUT2D eigenvalue weighted by atomic mass is 10.1. The summed E-state index contributed by atoms with van der Waals surface area (Å²) in [4.78, 5) is 16.9. The number of nitrogens with zero attached hydrogens (tertiary/aromatic N) is 2. The van der Waals surface area contributed by atoms with E-state index in [0.717, 1.165) is 49.7 Å². The molecule has 0 saturated carbocycles. The number of carbonyl (C=O) groups excluding carboxylic acids is 1. The first-order chi connectivity index (χ1) is 13.6. The van der Waals surface area contributed by atoms with Gasteiger partial charge in [0.1, 0.15) is 11.5 Å². The highest BCUT2D eigenvalue weighted by atomic mass is 16.5. The topological polar surface area (TPSA) is 42.0 Å². The van der Waals surface area contributed by atoms with E-state index in [4.69, 9.17) is 9.47 Å². The molecule has 2 aromatic rings. The quantitative estimate of drug-likeness (QED) is 0.762. The standard InChI is InChI=1S/C23H30N2O3/c1-18-5-10-22(19(2)17-18)28-16-11-23(26)25-13-4-12-24(14-15-25)20-6-8-21(27-3)9-7-20/h5-10,17H,4,11-16H2,1-3H3. The van der Waals surface area contributed by atoms with E-state index in [1.165, 1.54) is 11.3 Å². The third-order valence-corrected chi connectivity index (χ3v) is 5.19. The van der Waals surface area contributed by atoms with Crippen molar-refractivity contribution in [2.24, 2.45) is 0 Å². The molecule has 0 N–H and O–H groups in total. The molecule has 0 aromatic heterocycles. The molecule has 28 heavy (non-hydrogen) atoms. The first kappa shape index (κ1) is 20.1. The van der Waals surface area contributed by atoms with Gasteiger partial charge >= 0.3 is 0 Å². The molecule has 0 radical (unpaired) electrons. The second-order valence-electron chi connectivity index (χ2n) is 7.29. The number of carbonyl (C=O) groups is 1. The maximum atomic E-state index is 12.6. The smallest absolute Gasteiger partial charge is 0.226 e. The molecule has 1 saturated heterocycles. The average Bonchev–Trinajstić information content (AvgIpc) is 2.96. The van der Waals surface area contributed by atoms with Crippen molar-refractivity contribution in [2.45, 2.75) is 26.7 Å². The van der Waals surface area contributed by atoms with Gasteiger partial charge in [-0.3, -0.25) is 4.79 Å². The second kappa shape index (κ2) is 9.49. The summed E-state index contributed by atoms with van der Waals surface area (Å²) < 4.78 is 11.1. The van der Waals surface area contributed by atoms with E-state index >= 15 is 0 Å². The van der Waals surface area contributed by atoms with Gasteiger partial charge in [-0.2, -0.15) is 0 Å². The lowest BCUT2D eigenvalue weighted by Crippen LogP contribution is -2.35. The first-order valence-electron chi connectivity index (χ1n) is 9.93. The molecule has 5 heteroatoms. The van der Waals surface area contributed by atoms with Gasteiger partial charge < -0.3 is 19.3 Å². The summed E-state index contributed by atoms with van der Waals surface area (Å²) in [5.41, 5.74) is 3.50. The van der Waals surface area contributed by atoms with Crippen molar-refractivity contribution in [3.8, 4) is 11.5 Å². The van der Waals surface area contributed by atoms with E-state index in [2.05, 4.69) is 30.0 Å².